The van der Waals surface area contributed by atoms with Crippen molar-refractivity contribution in [3.63, 3.8) is 0 Å². The van der Waals surface area contributed by atoms with Crippen LogP contribution in [-0.4, -0.2) is 71.3 Å². The van der Waals surface area contributed by atoms with E-state index in [-0.39, 0.29) is 11.7 Å². The fraction of sp³-hybridized carbons (Fsp3) is 0.333. The number of rotatable bonds is 8. The number of ether oxygens (including phenoxy) is 2. The molecule has 8 nitrogen and oxygen atoms in total. The summed E-state index contributed by atoms with van der Waals surface area (Å²) in [4.78, 5) is 21.9. The molecule has 0 unspecified atom stereocenters. The van der Waals surface area contributed by atoms with Crippen molar-refractivity contribution in [3.05, 3.63) is 77.6 Å². The van der Waals surface area contributed by atoms with Gasteiger partial charge in [-0.05, 0) is 48.4 Å². The number of aromatic nitrogens is 2. The molecule has 0 bridgehead atoms. The molecule has 1 aliphatic rings. The fourth-order valence-corrected chi connectivity index (χ4v) is 4.93. The van der Waals surface area contributed by atoms with Gasteiger partial charge in [0.1, 0.15) is 17.2 Å². The minimum atomic E-state index is -4.37. The van der Waals surface area contributed by atoms with E-state index in [2.05, 4.69) is 15.2 Å². The lowest BCUT2D eigenvalue weighted by Gasteiger charge is -2.34. The minimum absolute atomic E-state index is 0.0306. The lowest BCUT2D eigenvalue weighted by molar-refractivity contribution is -0.153. The number of anilines is 1. The van der Waals surface area contributed by atoms with Crippen LogP contribution in [0.4, 0.5) is 18.9 Å². The number of aryl methyl sites for hydroxylation is 2. The van der Waals surface area contributed by atoms with E-state index in [1.165, 1.54) is 0 Å². The van der Waals surface area contributed by atoms with E-state index in [1.807, 2.05) is 60.8 Å². The predicted molar refractivity (Wildman–Crippen MR) is 151 cm³/mol. The lowest BCUT2D eigenvalue weighted by atomic mass is 10.2. The van der Waals surface area contributed by atoms with Gasteiger partial charge in [-0.1, -0.05) is 12.1 Å². The van der Waals surface area contributed by atoms with Crippen LogP contribution in [0.25, 0.3) is 10.9 Å². The first-order valence-corrected chi connectivity index (χ1v) is 13.3. The number of carbonyl (C=O) groups is 1. The van der Waals surface area contributed by atoms with Gasteiger partial charge in [0, 0.05) is 64.3 Å². The first-order chi connectivity index (χ1) is 19.6. The highest BCUT2D eigenvalue weighted by molar-refractivity contribution is 5.99. The Labute approximate surface area is 236 Å². The molecular formula is C30H32F3N5O3. The third kappa shape index (κ3) is 6.74. The Kier molecular flexibility index (Phi) is 8.07. The monoisotopic (exact) mass is 567 g/mol. The Morgan fingerprint density at radius 3 is 2.37 bits per heavy atom. The molecule has 216 valence electrons. The van der Waals surface area contributed by atoms with E-state index < -0.39 is 12.8 Å². The molecule has 0 radical (unpaired) electrons. The standard InChI is InChI=1S/C30H32F3N5O3/c1-20-14-28(35-17-25(20)34-2)41-24-9-6-22-15-27(36(3)26(22)16-24)29(39)38-12-10-37(11-13-38)18-21-4-7-23(8-5-21)40-19-30(31,32)33/h4-9,14-17,34H,10-13,18-19H2,1-3H3. The average molecular weight is 568 g/mol. The maximum atomic E-state index is 13.4. The molecular weight excluding hydrogens is 535 g/mol. The predicted octanol–water partition coefficient (Wildman–Crippen LogP) is 5.61. The number of alkyl halides is 3. The summed E-state index contributed by atoms with van der Waals surface area (Å²) in [7, 11) is 3.72. The van der Waals surface area contributed by atoms with Gasteiger partial charge in [0.15, 0.2) is 6.61 Å². The summed E-state index contributed by atoms with van der Waals surface area (Å²) in [6.07, 6.45) is -2.63. The summed E-state index contributed by atoms with van der Waals surface area (Å²) in [5.41, 5.74) is 4.42. The molecule has 1 N–H and O–H groups in total. The average Bonchev–Trinajstić information content (AvgIpc) is 3.28. The molecule has 4 aromatic rings. The summed E-state index contributed by atoms with van der Waals surface area (Å²) < 4.78 is 49.7. The Bertz CT molecular complexity index is 1530. The highest BCUT2D eigenvalue weighted by Crippen LogP contribution is 2.29. The normalized spacial score (nSPS) is 14.3. The fourth-order valence-electron chi connectivity index (χ4n) is 4.93. The van der Waals surface area contributed by atoms with Crippen LogP contribution in [0.15, 0.2) is 60.8 Å². The van der Waals surface area contributed by atoms with Crippen LogP contribution >= 0.6 is 0 Å². The van der Waals surface area contributed by atoms with Crippen LogP contribution < -0.4 is 14.8 Å². The molecule has 0 saturated carbocycles. The third-order valence-corrected chi connectivity index (χ3v) is 7.20. The highest BCUT2D eigenvalue weighted by atomic mass is 19.4. The van der Waals surface area contributed by atoms with Crippen molar-refractivity contribution in [2.75, 3.05) is 45.2 Å². The molecule has 1 amide bonds. The van der Waals surface area contributed by atoms with Crippen molar-refractivity contribution < 1.29 is 27.4 Å². The molecule has 0 atom stereocenters. The van der Waals surface area contributed by atoms with Crippen molar-refractivity contribution in [3.8, 4) is 17.4 Å². The number of halogens is 3. The number of hydrogen-bond acceptors (Lipinski definition) is 6. The van der Waals surface area contributed by atoms with Gasteiger partial charge in [-0.2, -0.15) is 13.2 Å². The summed E-state index contributed by atoms with van der Waals surface area (Å²) in [6.45, 7) is 3.86. The number of benzene rings is 2. The van der Waals surface area contributed by atoms with Crippen LogP contribution in [0.1, 0.15) is 21.6 Å². The summed E-state index contributed by atoms with van der Waals surface area (Å²) in [5, 5.41) is 4.03. The van der Waals surface area contributed by atoms with Gasteiger partial charge in [0.05, 0.1) is 17.4 Å². The zero-order valence-electron chi connectivity index (χ0n) is 23.2. The zero-order valence-corrected chi connectivity index (χ0v) is 23.2. The van der Waals surface area contributed by atoms with Crippen LogP contribution in [0.5, 0.6) is 17.4 Å². The molecule has 0 spiro atoms. The number of carbonyl (C=O) groups excluding carboxylic acids is 1. The van der Waals surface area contributed by atoms with Crippen molar-refractivity contribution in [2.45, 2.75) is 19.6 Å². The van der Waals surface area contributed by atoms with Crippen molar-refractivity contribution in [1.82, 2.24) is 19.4 Å². The van der Waals surface area contributed by atoms with Gasteiger partial charge in [0.25, 0.3) is 5.91 Å². The molecule has 5 rings (SSSR count). The van der Waals surface area contributed by atoms with E-state index in [0.29, 0.717) is 50.0 Å². The number of amides is 1. The molecule has 1 aliphatic heterocycles. The minimum Gasteiger partial charge on any atom is -0.484 e. The maximum Gasteiger partial charge on any atom is 0.422 e. The van der Waals surface area contributed by atoms with E-state index in [4.69, 9.17) is 9.47 Å². The first-order valence-electron chi connectivity index (χ1n) is 13.3. The van der Waals surface area contributed by atoms with Gasteiger partial charge >= 0.3 is 6.18 Å². The first kappa shape index (κ1) is 28.3. The van der Waals surface area contributed by atoms with Gasteiger partial charge in [-0.3, -0.25) is 9.69 Å². The van der Waals surface area contributed by atoms with Crippen molar-refractivity contribution in [1.29, 1.82) is 0 Å². The maximum absolute atomic E-state index is 13.4. The SMILES string of the molecule is CNc1cnc(Oc2ccc3cc(C(=O)N4CCN(Cc5ccc(OCC(F)(F)F)cc5)CC4)n(C)c3c2)cc1C. The number of piperazine rings is 1. The van der Waals surface area contributed by atoms with Crippen molar-refractivity contribution >= 4 is 22.5 Å². The Morgan fingerprint density at radius 2 is 1.71 bits per heavy atom. The highest BCUT2D eigenvalue weighted by Gasteiger charge is 2.28. The number of nitrogens with zero attached hydrogens (tertiary/aromatic N) is 4. The number of nitrogens with one attached hydrogen (secondary N) is 1. The van der Waals surface area contributed by atoms with E-state index in [1.54, 1.807) is 30.5 Å². The van der Waals surface area contributed by atoms with E-state index in [9.17, 15) is 18.0 Å². The zero-order chi connectivity index (χ0) is 29.1. The number of fused-ring (bicyclic) bond motifs is 1. The Balaban J connectivity index is 1.19. The third-order valence-electron chi connectivity index (χ3n) is 7.20. The van der Waals surface area contributed by atoms with Crippen LogP contribution in [0.3, 0.4) is 0 Å². The molecule has 1 saturated heterocycles. The second-order valence-electron chi connectivity index (χ2n) is 10.1. The molecule has 2 aromatic carbocycles. The number of hydrogen-bond donors (Lipinski definition) is 1. The van der Waals surface area contributed by atoms with Crippen molar-refractivity contribution in [2.24, 2.45) is 7.05 Å². The topological polar surface area (TPSA) is 71.9 Å². The Morgan fingerprint density at radius 1 is 1.00 bits per heavy atom. The van der Waals surface area contributed by atoms with E-state index >= 15 is 0 Å². The van der Waals surface area contributed by atoms with Crippen LogP contribution in [0.2, 0.25) is 0 Å². The molecule has 0 aliphatic carbocycles. The molecule has 11 heteroatoms. The molecule has 2 aromatic heterocycles. The molecule has 41 heavy (non-hydrogen) atoms. The smallest absolute Gasteiger partial charge is 0.422 e. The van der Waals surface area contributed by atoms with Crippen LogP contribution in [0, 0.1) is 6.92 Å². The molecule has 3 heterocycles. The van der Waals surface area contributed by atoms with Gasteiger partial charge in [0.2, 0.25) is 5.88 Å². The van der Waals surface area contributed by atoms with Gasteiger partial charge < -0.3 is 24.3 Å². The number of pyridine rings is 1. The summed E-state index contributed by atoms with van der Waals surface area (Å²) in [5.74, 6) is 1.28. The quantitative estimate of drug-likeness (QED) is 0.298. The lowest BCUT2D eigenvalue weighted by Crippen LogP contribution is -2.48. The second-order valence-corrected chi connectivity index (χ2v) is 10.1. The van der Waals surface area contributed by atoms with Gasteiger partial charge in [-0.15, -0.1) is 0 Å². The Hall–Kier alpha value is -4.25. The summed E-state index contributed by atoms with van der Waals surface area (Å²) in [6, 6.07) is 16.1. The van der Waals surface area contributed by atoms with Crippen LogP contribution in [-0.2, 0) is 13.6 Å². The van der Waals surface area contributed by atoms with E-state index in [0.717, 1.165) is 27.7 Å². The summed E-state index contributed by atoms with van der Waals surface area (Å²) >= 11 is 0. The van der Waals surface area contributed by atoms with Gasteiger partial charge in [-0.25, -0.2) is 4.98 Å². The second kappa shape index (κ2) is 11.7. The largest absolute Gasteiger partial charge is 0.484 e. The molecule has 1 fully saturated rings.